The maximum Gasteiger partial charge on any atom is 0.269 e. The molecule has 0 aliphatic carbocycles. The molecule has 0 spiro atoms. The van der Waals surface area contributed by atoms with Crippen molar-refractivity contribution in [1.82, 2.24) is 4.90 Å². The second-order valence-corrected chi connectivity index (χ2v) is 7.34. The van der Waals surface area contributed by atoms with E-state index in [9.17, 15) is 14.9 Å². The van der Waals surface area contributed by atoms with E-state index in [1.165, 1.54) is 19.2 Å². The Balaban J connectivity index is 2.17. The maximum absolute atomic E-state index is 13.0. The van der Waals surface area contributed by atoms with Gasteiger partial charge in [-0.1, -0.05) is 26.0 Å². The second kappa shape index (κ2) is 9.91. The van der Waals surface area contributed by atoms with Crippen LogP contribution >= 0.6 is 0 Å². The lowest BCUT2D eigenvalue weighted by atomic mass is 10.1. The highest BCUT2D eigenvalue weighted by Gasteiger charge is 2.21. The molecule has 0 aliphatic rings. The number of hydrogen-bond donors (Lipinski definition) is 0. The van der Waals surface area contributed by atoms with Crippen molar-refractivity contribution in [2.45, 2.75) is 33.2 Å². The van der Waals surface area contributed by atoms with E-state index in [4.69, 9.17) is 9.47 Å². The molecule has 0 bridgehead atoms. The third-order valence-corrected chi connectivity index (χ3v) is 4.83. The van der Waals surface area contributed by atoms with Crippen LogP contribution in [0.3, 0.4) is 0 Å². The van der Waals surface area contributed by atoms with Crippen LogP contribution in [0.1, 0.15) is 49.2 Å². The van der Waals surface area contributed by atoms with Crippen molar-refractivity contribution < 1.29 is 19.2 Å². The quantitative estimate of drug-likeness (QED) is 0.443. The molecule has 0 saturated carbocycles. The minimum atomic E-state index is -0.444. The number of nitro groups is 1. The van der Waals surface area contributed by atoms with E-state index >= 15 is 0 Å². The number of methoxy groups -OCH3 is 1. The van der Waals surface area contributed by atoms with Gasteiger partial charge in [0.15, 0.2) is 11.5 Å². The number of rotatable bonds is 9. The van der Waals surface area contributed by atoms with E-state index in [1.807, 2.05) is 6.92 Å². The first-order valence-electron chi connectivity index (χ1n) is 9.57. The first-order chi connectivity index (χ1) is 13.7. The second-order valence-electron chi connectivity index (χ2n) is 7.34. The molecule has 156 valence electrons. The van der Waals surface area contributed by atoms with Crippen LogP contribution in [0.2, 0.25) is 0 Å². The maximum atomic E-state index is 13.0. The number of amides is 1. The first kappa shape index (κ1) is 22.2. The van der Waals surface area contributed by atoms with Crippen LogP contribution < -0.4 is 9.47 Å². The predicted molar refractivity (Wildman–Crippen MR) is 112 cm³/mol. The van der Waals surface area contributed by atoms with Gasteiger partial charge in [-0.15, -0.1) is 0 Å². The monoisotopic (exact) mass is 400 g/mol. The molecule has 0 unspecified atom stereocenters. The normalized spacial score (nSPS) is 11.8. The SMILES string of the molecule is COc1cc(C(=O)N(C)[C@@H](C)c2cccc([N+](=O)[O-])c2)ccc1OCCC(C)C. The highest BCUT2D eigenvalue weighted by atomic mass is 16.6. The van der Waals surface area contributed by atoms with Gasteiger partial charge in [-0.2, -0.15) is 0 Å². The third-order valence-electron chi connectivity index (χ3n) is 4.83. The van der Waals surface area contributed by atoms with Crippen molar-refractivity contribution in [3.05, 3.63) is 63.7 Å². The molecule has 7 heteroatoms. The van der Waals surface area contributed by atoms with E-state index in [2.05, 4.69) is 13.8 Å². The van der Waals surface area contributed by atoms with Crippen LogP contribution in [-0.4, -0.2) is 36.5 Å². The zero-order chi connectivity index (χ0) is 21.6. The summed E-state index contributed by atoms with van der Waals surface area (Å²) >= 11 is 0. The number of ether oxygens (including phenoxy) is 2. The van der Waals surface area contributed by atoms with Crippen LogP contribution in [0.25, 0.3) is 0 Å². The highest BCUT2D eigenvalue weighted by Crippen LogP contribution is 2.30. The highest BCUT2D eigenvalue weighted by molar-refractivity contribution is 5.95. The largest absolute Gasteiger partial charge is 0.493 e. The van der Waals surface area contributed by atoms with Gasteiger partial charge in [0.2, 0.25) is 0 Å². The van der Waals surface area contributed by atoms with Gasteiger partial charge in [-0.05, 0) is 43.0 Å². The summed E-state index contributed by atoms with van der Waals surface area (Å²) in [4.78, 5) is 25.1. The summed E-state index contributed by atoms with van der Waals surface area (Å²) in [6.45, 7) is 6.66. The van der Waals surface area contributed by atoms with Crippen molar-refractivity contribution in [3.8, 4) is 11.5 Å². The Bertz CT molecular complexity index is 866. The van der Waals surface area contributed by atoms with E-state index in [1.54, 1.807) is 42.3 Å². The summed E-state index contributed by atoms with van der Waals surface area (Å²) in [6.07, 6.45) is 0.924. The van der Waals surface area contributed by atoms with Gasteiger partial charge in [0.1, 0.15) is 0 Å². The summed E-state index contributed by atoms with van der Waals surface area (Å²) in [5.41, 5.74) is 1.15. The van der Waals surface area contributed by atoms with Crippen molar-refractivity contribution in [3.63, 3.8) is 0 Å². The molecule has 0 radical (unpaired) electrons. The third kappa shape index (κ3) is 5.70. The van der Waals surface area contributed by atoms with E-state index < -0.39 is 4.92 Å². The van der Waals surface area contributed by atoms with Crippen LogP contribution in [0.5, 0.6) is 11.5 Å². The Morgan fingerprint density at radius 1 is 1.14 bits per heavy atom. The zero-order valence-corrected chi connectivity index (χ0v) is 17.5. The number of carbonyl (C=O) groups excluding carboxylic acids is 1. The summed E-state index contributed by atoms with van der Waals surface area (Å²) in [7, 11) is 3.21. The smallest absolute Gasteiger partial charge is 0.269 e. The minimum absolute atomic E-state index is 0.000215. The number of carbonyl (C=O) groups is 1. The van der Waals surface area contributed by atoms with E-state index in [0.29, 0.717) is 35.2 Å². The molecule has 2 aromatic rings. The topological polar surface area (TPSA) is 81.9 Å². The molecule has 0 fully saturated rings. The van der Waals surface area contributed by atoms with Gasteiger partial charge in [0, 0.05) is 24.7 Å². The van der Waals surface area contributed by atoms with Gasteiger partial charge in [-0.25, -0.2) is 0 Å². The van der Waals surface area contributed by atoms with Crippen LogP contribution in [0.4, 0.5) is 5.69 Å². The molecule has 2 rings (SSSR count). The standard InChI is InChI=1S/C22H28N2O5/c1-15(2)11-12-29-20-10-9-18(14-21(20)28-5)22(25)23(4)16(3)17-7-6-8-19(13-17)24(26)27/h6-10,13-16H,11-12H2,1-5H3/t16-/m0/s1. The molecular formula is C22H28N2O5. The Labute approximate surface area is 171 Å². The molecule has 0 aliphatic heterocycles. The predicted octanol–water partition coefficient (Wildman–Crippen LogP) is 4.86. The van der Waals surface area contributed by atoms with Crippen molar-refractivity contribution in [2.24, 2.45) is 5.92 Å². The molecule has 0 N–H and O–H groups in total. The molecule has 2 aromatic carbocycles. The molecule has 0 heterocycles. The van der Waals surface area contributed by atoms with Crippen molar-refractivity contribution in [2.75, 3.05) is 20.8 Å². The van der Waals surface area contributed by atoms with Gasteiger partial charge < -0.3 is 14.4 Å². The van der Waals surface area contributed by atoms with Crippen molar-refractivity contribution in [1.29, 1.82) is 0 Å². The Hall–Kier alpha value is -3.09. The lowest BCUT2D eigenvalue weighted by Crippen LogP contribution is -2.29. The van der Waals surface area contributed by atoms with E-state index in [-0.39, 0.29) is 17.6 Å². The summed E-state index contributed by atoms with van der Waals surface area (Å²) in [5, 5.41) is 11.0. The van der Waals surface area contributed by atoms with Gasteiger partial charge >= 0.3 is 0 Å². The zero-order valence-electron chi connectivity index (χ0n) is 17.5. The van der Waals surface area contributed by atoms with Gasteiger partial charge in [0.05, 0.1) is 24.7 Å². The van der Waals surface area contributed by atoms with E-state index in [0.717, 1.165) is 6.42 Å². The Morgan fingerprint density at radius 2 is 1.86 bits per heavy atom. The Morgan fingerprint density at radius 3 is 2.48 bits per heavy atom. The molecule has 1 amide bonds. The molecule has 1 atom stereocenters. The number of non-ortho nitro benzene ring substituents is 1. The number of hydrogen-bond acceptors (Lipinski definition) is 5. The average Bonchev–Trinajstić information content (AvgIpc) is 2.72. The Kier molecular flexibility index (Phi) is 7.59. The van der Waals surface area contributed by atoms with Crippen LogP contribution in [0.15, 0.2) is 42.5 Å². The fourth-order valence-corrected chi connectivity index (χ4v) is 2.83. The molecule has 0 saturated heterocycles. The lowest BCUT2D eigenvalue weighted by molar-refractivity contribution is -0.384. The fraction of sp³-hybridized carbons (Fsp3) is 0.409. The van der Waals surface area contributed by atoms with Gasteiger partial charge in [-0.3, -0.25) is 14.9 Å². The minimum Gasteiger partial charge on any atom is -0.493 e. The summed E-state index contributed by atoms with van der Waals surface area (Å²) in [5.74, 6) is 1.41. The summed E-state index contributed by atoms with van der Waals surface area (Å²) < 4.78 is 11.2. The summed E-state index contributed by atoms with van der Waals surface area (Å²) in [6, 6.07) is 11.1. The number of nitro benzene ring substituents is 1. The molecule has 7 nitrogen and oxygen atoms in total. The van der Waals surface area contributed by atoms with Crippen LogP contribution in [-0.2, 0) is 0 Å². The van der Waals surface area contributed by atoms with Crippen LogP contribution in [0, 0.1) is 16.0 Å². The number of benzene rings is 2. The fourth-order valence-electron chi connectivity index (χ4n) is 2.83. The molecular weight excluding hydrogens is 372 g/mol. The molecule has 29 heavy (non-hydrogen) atoms. The lowest BCUT2D eigenvalue weighted by Gasteiger charge is -2.25. The average molecular weight is 400 g/mol. The van der Waals surface area contributed by atoms with Crippen molar-refractivity contribution >= 4 is 11.6 Å². The first-order valence-corrected chi connectivity index (χ1v) is 9.57. The van der Waals surface area contributed by atoms with Gasteiger partial charge in [0.25, 0.3) is 11.6 Å². The number of nitrogens with zero attached hydrogens (tertiary/aromatic N) is 2. The molecule has 0 aromatic heterocycles.